The van der Waals surface area contributed by atoms with Gasteiger partial charge in [-0.25, -0.2) is 0 Å². The molecule has 0 aliphatic heterocycles. The number of hydrogen-bond acceptors (Lipinski definition) is 2. The van der Waals surface area contributed by atoms with Crippen LogP contribution in [0.25, 0.3) is 0 Å². The van der Waals surface area contributed by atoms with E-state index in [0.29, 0.717) is 16.5 Å². The van der Waals surface area contributed by atoms with E-state index in [4.69, 9.17) is 23.2 Å². The average Bonchev–Trinajstić information content (AvgIpc) is 2.65. The molecule has 0 amide bonds. The van der Waals surface area contributed by atoms with E-state index in [1.165, 1.54) is 0 Å². The fourth-order valence-electron chi connectivity index (χ4n) is 2.11. The van der Waals surface area contributed by atoms with Crippen molar-refractivity contribution in [3.63, 3.8) is 0 Å². The van der Waals surface area contributed by atoms with Gasteiger partial charge in [0.1, 0.15) is 0 Å². The van der Waals surface area contributed by atoms with E-state index in [1.807, 2.05) is 20.0 Å². The van der Waals surface area contributed by atoms with Crippen molar-refractivity contribution in [2.24, 2.45) is 7.05 Å². The first-order valence-electron chi connectivity index (χ1n) is 6.26. The zero-order valence-electron chi connectivity index (χ0n) is 11.2. The Labute approximate surface area is 136 Å². The Hall–Kier alpha value is -0.550. The molecule has 1 heterocycles. The summed E-state index contributed by atoms with van der Waals surface area (Å²) >= 11 is 15.7. The summed E-state index contributed by atoms with van der Waals surface area (Å²) in [5.74, 6) is 0. The van der Waals surface area contributed by atoms with Crippen molar-refractivity contribution in [1.82, 2.24) is 9.78 Å². The van der Waals surface area contributed by atoms with Crippen LogP contribution in [0.15, 0.2) is 22.7 Å². The summed E-state index contributed by atoms with van der Waals surface area (Å²) in [5, 5.41) is 15.9. The summed E-state index contributed by atoms with van der Waals surface area (Å²) < 4.78 is 2.56. The highest BCUT2D eigenvalue weighted by atomic mass is 79.9. The largest absolute Gasteiger partial charge is 0.388 e. The Morgan fingerprint density at radius 3 is 2.60 bits per heavy atom. The Morgan fingerprint density at radius 1 is 1.35 bits per heavy atom. The van der Waals surface area contributed by atoms with Gasteiger partial charge in [0.2, 0.25) is 0 Å². The van der Waals surface area contributed by atoms with Crippen molar-refractivity contribution >= 4 is 39.1 Å². The Morgan fingerprint density at radius 2 is 2.05 bits per heavy atom. The fraction of sp³-hybridized carbons (Fsp3) is 0.357. The van der Waals surface area contributed by atoms with Crippen LogP contribution < -0.4 is 0 Å². The second-order valence-electron chi connectivity index (χ2n) is 4.61. The molecule has 0 spiro atoms. The van der Waals surface area contributed by atoms with Crippen LogP contribution in [0.1, 0.15) is 30.0 Å². The number of hydrogen-bond donors (Lipinski definition) is 1. The summed E-state index contributed by atoms with van der Waals surface area (Å²) in [6, 6.07) is 5.38. The van der Waals surface area contributed by atoms with Gasteiger partial charge in [0.25, 0.3) is 0 Å². The molecule has 1 N–H and O–H groups in total. The lowest BCUT2D eigenvalue weighted by Crippen LogP contribution is -2.07. The van der Waals surface area contributed by atoms with Crippen molar-refractivity contribution in [1.29, 1.82) is 0 Å². The predicted molar refractivity (Wildman–Crippen MR) is 85.4 cm³/mol. The molecule has 0 radical (unpaired) electrons. The molecule has 3 nitrogen and oxygen atoms in total. The second kappa shape index (κ2) is 6.48. The van der Waals surface area contributed by atoms with Gasteiger partial charge < -0.3 is 5.11 Å². The van der Waals surface area contributed by atoms with E-state index < -0.39 is 6.10 Å². The molecule has 1 atom stereocenters. The number of aromatic nitrogens is 2. The Balaban J connectivity index is 2.27. The third kappa shape index (κ3) is 3.37. The third-order valence-corrected chi connectivity index (χ3v) is 4.27. The van der Waals surface area contributed by atoms with E-state index in [-0.39, 0.29) is 0 Å². The van der Waals surface area contributed by atoms with Crippen LogP contribution in [0.2, 0.25) is 10.0 Å². The molecule has 0 fully saturated rings. The van der Waals surface area contributed by atoms with Gasteiger partial charge in [-0.05, 0) is 30.2 Å². The molecule has 1 unspecified atom stereocenters. The smallest absolute Gasteiger partial charge is 0.0850 e. The Kier molecular flexibility index (Phi) is 5.13. The van der Waals surface area contributed by atoms with Gasteiger partial charge >= 0.3 is 0 Å². The highest BCUT2D eigenvalue weighted by molar-refractivity contribution is 9.10. The summed E-state index contributed by atoms with van der Waals surface area (Å²) in [6.07, 6.45) is 0.489. The minimum atomic E-state index is -0.678. The van der Waals surface area contributed by atoms with Crippen molar-refractivity contribution in [2.75, 3.05) is 0 Å². The van der Waals surface area contributed by atoms with Crippen LogP contribution in [0, 0.1) is 0 Å². The normalized spacial score (nSPS) is 12.7. The third-order valence-electron chi connectivity index (χ3n) is 3.16. The Bertz CT molecular complexity index is 608. The number of rotatable bonds is 4. The lowest BCUT2D eigenvalue weighted by molar-refractivity contribution is 0.176. The minimum absolute atomic E-state index is 0.398. The van der Waals surface area contributed by atoms with E-state index >= 15 is 0 Å². The monoisotopic (exact) mass is 376 g/mol. The highest BCUT2D eigenvalue weighted by Gasteiger charge is 2.18. The molecular formula is C14H15BrCl2N2O. The number of aryl methyl sites for hydroxylation is 2. The van der Waals surface area contributed by atoms with Gasteiger partial charge in [-0.15, -0.1) is 0 Å². The molecule has 1 aromatic heterocycles. The van der Waals surface area contributed by atoms with Crippen LogP contribution in [-0.4, -0.2) is 14.9 Å². The summed E-state index contributed by atoms with van der Waals surface area (Å²) in [4.78, 5) is 0. The SMILES string of the molecule is CCc1nn(C)c(CC(O)c2cc(Cl)cc(Br)c2)c1Cl. The van der Waals surface area contributed by atoms with Gasteiger partial charge in [0, 0.05) is 23.0 Å². The first kappa shape index (κ1) is 15.8. The van der Waals surface area contributed by atoms with Crippen LogP contribution >= 0.6 is 39.1 Å². The van der Waals surface area contributed by atoms with Crippen molar-refractivity contribution in [3.8, 4) is 0 Å². The fourth-order valence-corrected chi connectivity index (χ4v) is 3.37. The van der Waals surface area contributed by atoms with Crippen LogP contribution in [0.5, 0.6) is 0 Å². The standard InChI is InChI=1S/C14H15BrCl2N2O/c1-3-11-14(17)12(19(2)18-11)7-13(20)8-4-9(15)6-10(16)5-8/h4-6,13,20H,3,7H2,1-2H3. The van der Waals surface area contributed by atoms with E-state index in [9.17, 15) is 5.11 Å². The molecule has 0 aliphatic rings. The first-order valence-corrected chi connectivity index (χ1v) is 7.81. The van der Waals surface area contributed by atoms with Crippen LogP contribution in [0.3, 0.4) is 0 Å². The van der Waals surface area contributed by atoms with E-state index in [1.54, 1.807) is 16.8 Å². The quantitative estimate of drug-likeness (QED) is 0.861. The molecule has 1 aromatic carbocycles. The molecule has 0 saturated carbocycles. The van der Waals surface area contributed by atoms with Crippen LogP contribution in [0.4, 0.5) is 0 Å². The summed E-state index contributed by atoms with van der Waals surface area (Å²) in [7, 11) is 1.83. The number of nitrogens with zero attached hydrogens (tertiary/aromatic N) is 2. The minimum Gasteiger partial charge on any atom is -0.388 e. The molecule has 0 bridgehead atoms. The number of aliphatic hydroxyl groups excluding tert-OH is 1. The summed E-state index contributed by atoms with van der Waals surface area (Å²) in [6.45, 7) is 2.00. The first-order chi connectivity index (χ1) is 9.42. The lowest BCUT2D eigenvalue weighted by atomic mass is 10.0. The van der Waals surface area contributed by atoms with E-state index in [0.717, 1.165) is 27.8 Å². The molecule has 6 heteroatoms. The molecular weight excluding hydrogens is 363 g/mol. The molecule has 0 aliphatic carbocycles. The lowest BCUT2D eigenvalue weighted by Gasteiger charge is -2.12. The molecule has 20 heavy (non-hydrogen) atoms. The van der Waals surface area contributed by atoms with Gasteiger partial charge in [-0.2, -0.15) is 5.10 Å². The van der Waals surface area contributed by atoms with E-state index in [2.05, 4.69) is 21.0 Å². The maximum atomic E-state index is 10.4. The number of aliphatic hydroxyl groups is 1. The zero-order valence-corrected chi connectivity index (χ0v) is 14.3. The number of benzene rings is 1. The molecule has 108 valence electrons. The van der Waals surface area contributed by atoms with Gasteiger partial charge in [0.05, 0.1) is 22.5 Å². The molecule has 2 rings (SSSR count). The topological polar surface area (TPSA) is 38.0 Å². The van der Waals surface area contributed by atoms with Crippen LogP contribution in [-0.2, 0) is 19.9 Å². The van der Waals surface area contributed by atoms with Crippen molar-refractivity contribution in [3.05, 3.63) is 49.7 Å². The van der Waals surface area contributed by atoms with Gasteiger partial charge in [0.15, 0.2) is 0 Å². The zero-order chi connectivity index (χ0) is 14.9. The van der Waals surface area contributed by atoms with Crippen molar-refractivity contribution in [2.45, 2.75) is 25.9 Å². The second-order valence-corrected chi connectivity index (χ2v) is 6.34. The molecule has 0 saturated heterocycles. The number of halogens is 3. The van der Waals surface area contributed by atoms with Crippen molar-refractivity contribution < 1.29 is 5.11 Å². The maximum Gasteiger partial charge on any atom is 0.0850 e. The predicted octanol–water partition coefficient (Wildman–Crippen LogP) is 4.33. The van der Waals surface area contributed by atoms with Gasteiger partial charge in [-0.3, -0.25) is 4.68 Å². The summed E-state index contributed by atoms with van der Waals surface area (Å²) in [5.41, 5.74) is 2.43. The average molecular weight is 378 g/mol. The molecule has 2 aromatic rings. The van der Waals surface area contributed by atoms with Gasteiger partial charge in [-0.1, -0.05) is 46.1 Å². The highest BCUT2D eigenvalue weighted by Crippen LogP contribution is 2.29. The maximum absolute atomic E-state index is 10.4.